The molecule has 1 aliphatic heterocycles. The molecule has 0 spiro atoms. The summed E-state index contributed by atoms with van der Waals surface area (Å²) in [5, 5.41) is 0. The number of likely N-dealkylation sites (tertiary alicyclic amines) is 1. The Morgan fingerprint density at radius 2 is 2.11 bits per heavy atom. The second-order valence-electron chi connectivity index (χ2n) is 5.38. The van der Waals surface area contributed by atoms with Crippen molar-refractivity contribution in [1.82, 2.24) is 4.90 Å². The number of hydrogen-bond acceptors (Lipinski definition) is 2. The summed E-state index contributed by atoms with van der Waals surface area (Å²) in [5.41, 5.74) is 6.88. The topological polar surface area (TPSA) is 46.3 Å². The van der Waals surface area contributed by atoms with Crippen LogP contribution in [0, 0.1) is 0 Å². The SMILES string of the molecule is CC1(c2ccccc2)CCCN(C(=O)CCN)C1. The summed E-state index contributed by atoms with van der Waals surface area (Å²) in [6, 6.07) is 10.5. The van der Waals surface area contributed by atoms with E-state index in [0.717, 1.165) is 25.9 Å². The van der Waals surface area contributed by atoms with Crippen molar-refractivity contribution in [3.8, 4) is 0 Å². The average Bonchev–Trinajstić information content (AvgIpc) is 2.40. The van der Waals surface area contributed by atoms with E-state index in [0.29, 0.717) is 13.0 Å². The van der Waals surface area contributed by atoms with E-state index in [1.807, 2.05) is 11.0 Å². The van der Waals surface area contributed by atoms with E-state index in [1.54, 1.807) is 0 Å². The number of amides is 1. The molecule has 0 aliphatic carbocycles. The third-order valence-electron chi connectivity index (χ3n) is 3.88. The molecule has 1 atom stereocenters. The minimum Gasteiger partial charge on any atom is -0.342 e. The van der Waals surface area contributed by atoms with Gasteiger partial charge in [-0.15, -0.1) is 0 Å². The highest BCUT2D eigenvalue weighted by molar-refractivity contribution is 5.76. The number of nitrogens with zero attached hydrogens (tertiary/aromatic N) is 1. The molecular weight excluding hydrogens is 224 g/mol. The van der Waals surface area contributed by atoms with E-state index in [-0.39, 0.29) is 11.3 Å². The van der Waals surface area contributed by atoms with Crippen LogP contribution in [0.5, 0.6) is 0 Å². The summed E-state index contributed by atoms with van der Waals surface area (Å²) >= 11 is 0. The van der Waals surface area contributed by atoms with Crippen LogP contribution in [0.3, 0.4) is 0 Å². The minimum atomic E-state index is 0.0871. The number of rotatable bonds is 3. The lowest BCUT2D eigenvalue weighted by Crippen LogP contribution is -2.47. The van der Waals surface area contributed by atoms with Crippen molar-refractivity contribution in [1.29, 1.82) is 0 Å². The summed E-state index contributed by atoms with van der Waals surface area (Å²) in [7, 11) is 0. The van der Waals surface area contributed by atoms with Crippen molar-refractivity contribution in [3.63, 3.8) is 0 Å². The third kappa shape index (κ3) is 2.72. The second kappa shape index (κ2) is 5.53. The lowest BCUT2D eigenvalue weighted by Gasteiger charge is -2.41. The maximum Gasteiger partial charge on any atom is 0.223 e. The summed E-state index contributed by atoms with van der Waals surface area (Å²) in [4.78, 5) is 13.9. The predicted octanol–water partition coefficient (Wildman–Crippen LogP) is 1.92. The predicted molar refractivity (Wildman–Crippen MR) is 73.3 cm³/mol. The number of benzene rings is 1. The monoisotopic (exact) mass is 246 g/mol. The number of nitrogens with two attached hydrogens (primary N) is 1. The van der Waals surface area contributed by atoms with Gasteiger partial charge in [0.1, 0.15) is 0 Å². The lowest BCUT2D eigenvalue weighted by atomic mass is 9.76. The standard InChI is InChI=1S/C15H22N2O/c1-15(13-6-3-2-4-7-13)9-5-11-17(12-15)14(18)8-10-16/h2-4,6-7H,5,8-12,16H2,1H3. The van der Waals surface area contributed by atoms with Gasteiger partial charge in [-0.05, 0) is 18.4 Å². The fraction of sp³-hybridized carbons (Fsp3) is 0.533. The zero-order chi connectivity index (χ0) is 13.0. The summed E-state index contributed by atoms with van der Waals surface area (Å²) in [5.74, 6) is 0.194. The van der Waals surface area contributed by atoms with Gasteiger partial charge in [-0.1, -0.05) is 37.3 Å². The van der Waals surface area contributed by atoms with E-state index < -0.39 is 0 Å². The molecule has 3 nitrogen and oxygen atoms in total. The molecule has 1 aromatic carbocycles. The highest BCUT2D eigenvalue weighted by Crippen LogP contribution is 2.33. The van der Waals surface area contributed by atoms with Crippen LogP contribution in [0.2, 0.25) is 0 Å². The molecule has 0 aromatic heterocycles. The van der Waals surface area contributed by atoms with Gasteiger partial charge < -0.3 is 10.6 Å². The first kappa shape index (κ1) is 13.1. The molecule has 0 saturated carbocycles. The Labute approximate surface area is 109 Å². The van der Waals surface area contributed by atoms with Crippen LogP contribution in [0.1, 0.15) is 31.7 Å². The first-order valence-electron chi connectivity index (χ1n) is 6.69. The number of carbonyl (C=O) groups is 1. The Morgan fingerprint density at radius 1 is 1.39 bits per heavy atom. The van der Waals surface area contributed by atoms with Crippen LogP contribution in [0.15, 0.2) is 30.3 Å². The normalized spacial score (nSPS) is 24.0. The van der Waals surface area contributed by atoms with Gasteiger partial charge in [-0.25, -0.2) is 0 Å². The smallest absolute Gasteiger partial charge is 0.223 e. The van der Waals surface area contributed by atoms with Gasteiger partial charge in [0, 0.05) is 31.5 Å². The Bertz CT molecular complexity index is 404. The van der Waals surface area contributed by atoms with Crippen molar-refractivity contribution in [2.75, 3.05) is 19.6 Å². The van der Waals surface area contributed by atoms with E-state index >= 15 is 0 Å². The number of hydrogen-bond donors (Lipinski definition) is 1. The fourth-order valence-electron chi connectivity index (χ4n) is 2.81. The Hall–Kier alpha value is -1.35. The zero-order valence-electron chi connectivity index (χ0n) is 11.1. The van der Waals surface area contributed by atoms with Crippen molar-refractivity contribution >= 4 is 5.91 Å². The maximum atomic E-state index is 12.0. The van der Waals surface area contributed by atoms with E-state index in [9.17, 15) is 4.79 Å². The molecule has 1 fully saturated rings. The summed E-state index contributed by atoms with van der Waals surface area (Å²) in [6.45, 7) is 4.39. The van der Waals surface area contributed by atoms with Gasteiger partial charge in [0.05, 0.1) is 0 Å². The van der Waals surface area contributed by atoms with Crippen LogP contribution in [-0.4, -0.2) is 30.4 Å². The van der Waals surface area contributed by atoms with Crippen LogP contribution in [-0.2, 0) is 10.2 Å². The number of piperidine rings is 1. The highest BCUT2D eigenvalue weighted by atomic mass is 16.2. The van der Waals surface area contributed by atoms with Crippen LogP contribution in [0.4, 0.5) is 0 Å². The molecule has 0 bridgehead atoms. The largest absolute Gasteiger partial charge is 0.342 e. The van der Waals surface area contributed by atoms with Crippen molar-refractivity contribution in [2.45, 2.75) is 31.6 Å². The molecule has 2 N–H and O–H groups in total. The molecule has 3 heteroatoms. The van der Waals surface area contributed by atoms with Gasteiger partial charge >= 0.3 is 0 Å². The Morgan fingerprint density at radius 3 is 2.78 bits per heavy atom. The van der Waals surface area contributed by atoms with E-state index in [4.69, 9.17) is 5.73 Å². The maximum absolute atomic E-state index is 12.0. The van der Waals surface area contributed by atoms with Gasteiger partial charge in [-0.3, -0.25) is 4.79 Å². The third-order valence-corrected chi connectivity index (χ3v) is 3.88. The average molecular weight is 246 g/mol. The van der Waals surface area contributed by atoms with E-state index in [2.05, 4.69) is 31.2 Å². The summed E-state index contributed by atoms with van der Waals surface area (Å²) < 4.78 is 0. The molecule has 98 valence electrons. The molecule has 1 heterocycles. The van der Waals surface area contributed by atoms with Crippen molar-refractivity contribution < 1.29 is 4.79 Å². The quantitative estimate of drug-likeness (QED) is 0.885. The molecule has 1 saturated heterocycles. The molecule has 1 unspecified atom stereocenters. The van der Waals surface area contributed by atoms with Crippen molar-refractivity contribution in [3.05, 3.63) is 35.9 Å². The van der Waals surface area contributed by atoms with Gasteiger partial charge in [0.2, 0.25) is 5.91 Å². The molecule has 1 aromatic rings. The molecule has 1 aliphatic rings. The van der Waals surface area contributed by atoms with Crippen LogP contribution in [0.25, 0.3) is 0 Å². The highest BCUT2D eigenvalue weighted by Gasteiger charge is 2.34. The molecule has 1 amide bonds. The second-order valence-corrected chi connectivity index (χ2v) is 5.38. The Kier molecular flexibility index (Phi) is 4.02. The minimum absolute atomic E-state index is 0.0871. The van der Waals surface area contributed by atoms with Gasteiger partial charge in [-0.2, -0.15) is 0 Å². The molecule has 0 radical (unpaired) electrons. The van der Waals surface area contributed by atoms with Gasteiger partial charge in [0.15, 0.2) is 0 Å². The first-order chi connectivity index (χ1) is 8.65. The zero-order valence-corrected chi connectivity index (χ0v) is 11.1. The lowest BCUT2D eigenvalue weighted by molar-refractivity contribution is -0.133. The van der Waals surface area contributed by atoms with Gasteiger partial charge in [0.25, 0.3) is 0 Å². The summed E-state index contributed by atoms with van der Waals surface area (Å²) in [6.07, 6.45) is 2.68. The first-order valence-corrected chi connectivity index (χ1v) is 6.69. The van der Waals surface area contributed by atoms with Crippen LogP contribution < -0.4 is 5.73 Å². The molecular formula is C15H22N2O. The van der Waals surface area contributed by atoms with Crippen molar-refractivity contribution in [2.24, 2.45) is 5.73 Å². The molecule has 2 rings (SSSR count). The van der Waals surface area contributed by atoms with Crippen LogP contribution >= 0.6 is 0 Å². The molecule has 18 heavy (non-hydrogen) atoms. The number of carbonyl (C=O) groups excluding carboxylic acids is 1. The Balaban J connectivity index is 2.12. The fourth-order valence-corrected chi connectivity index (χ4v) is 2.81. The van der Waals surface area contributed by atoms with E-state index in [1.165, 1.54) is 5.56 Å².